The molecule has 0 fully saturated rings. The molecule has 3 heterocycles. The van der Waals surface area contributed by atoms with Gasteiger partial charge < -0.3 is 9.88 Å². The fourth-order valence-electron chi connectivity index (χ4n) is 3.85. The number of carbonyl (C=O) groups excluding carboxylic acids is 1. The molecule has 1 aliphatic rings. The molecule has 0 radical (unpaired) electrons. The molecule has 2 aromatic heterocycles. The lowest BCUT2D eigenvalue weighted by Gasteiger charge is -2.10. The van der Waals surface area contributed by atoms with Gasteiger partial charge in [-0.15, -0.1) is 10.2 Å². The summed E-state index contributed by atoms with van der Waals surface area (Å²) < 4.78 is 18.1. The van der Waals surface area contributed by atoms with Gasteiger partial charge in [-0.1, -0.05) is 24.1 Å². The molecule has 0 atom stereocenters. The summed E-state index contributed by atoms with van der Waals surface area (Å²) in [7, 11) is 0. The first-order valence-electron chi connectivity index (χ1n) is 10.4. The van der Waals surface area contributed by atoms with E-state index >= 15 is 0 Å². The number of anilines is 1. The highest BCUT2D eigenvalue weighted by atomic mass is 35.5. The van der Waals surface area contributed by atoms with Crippen molar-refractivity contribution in [1.82, 2.24) is 24.5 Å². The van der Waals surface area contributed by atoms with E-state index in [9.17, 15) is 9.18 Å². The Labute approximate surface area is 188 Å². The van der Waals surface area contributed by atoms with E-state index in [-0.39, 0.29) is 11.4 Å². The number of amides is 1. The minimum absolute atomic E-state index is 0.0655. The van der Waals surface area contributed by atoms with Crippen molar-refractivity contribution >= 4 is 23.2 Å². The topological polar surface area (TPSA) is 77.6 Å². The molecule has 0 aliphatic carbocycles. The second kappa shape index (κ2) is 8.55. The quantitative estimate of drug-likeness (QED) is 0.479. The number of carbonyl (C=O) groups is 1. The van der Waals surface area contributed by atoms with Gasteiger partial charge in [0.05, 0.1) is 11.4 Å². The molecule has 0 unspecified atom stereocenters. The van der Waals surface area contributed by atoms with Gasteiger partial charge in [-0.2, -0.15) is 5.10 Å². The van der Waals surface area contributed by atoms with Crippen molar-refractivity contribution in [2.24, 2.45) is 0 Å². The first-order chi connectivity index (χ1) is 15.6. The number of hydrogen-bond acceptors (Lipinski definition) is 4. The monoisotopic (exact) mass is 450 g/mol. The lowest BCUT2D eigenvalue weighted by Crippen LogP contribution is -2.14. The molecular formula is C23H20ClFN6O. The van der Waals surface area contributed by atoms with Crippen LogP contribution in [0.2, 0.25) is 5.02 Å². The van der Waals surface area contributed by atoms with E-state index in [1.54, 1.807) is 47.3 Å². The molecule has 7 nitrogen and oxygen atoms in total. The van der Waals surface area contributed by atoms with Gasteiger partial charge in [0.1, 0.15) is 11.6 Å². The third-order valence-corrected chi connectivity index (χ3v) is 5.71. The zero-order chi connectivity index (χ0) is 22.1. The Balaban J connectivity index is 1.39. The summed E-state index contributed by atoms with van der Waals surface area (Å²) in [6, 6.07) is 13.2. The van der Waals surface area contributed by atoms with Crippen molar-refractivity contribution in [3.63, 3.8) is 0 Å². The Bertz CT molecular complexity index is 1300. The van der Waals surface area contributed by atoms with Crippen LogP contribution >= 0.6 is 11.6 Å². The largest absolute Gasteiger partial charge is 0.318 e. The maximum atomic E-state index is 14.5. The highest BCUT2D eigenvalue weighted by Gasteiger charge is 2.18. The van der Waals surface area contributed by atoms with Gasteiger partial charge in [-0.05, 0) is 55.3 Å². The molecule has 0 saturated carbocycles. The number of aromatic nitrogens is 5. The van der Waals surface area contributed by atoms with Gasteiger partial charge in [0.25, 0.3) is 5.91 Å². The number of benzene rings is 2. The summed E-state index contributed by atoms with van der Waals surface area (Å²) >= 11 is 6.03. The first kappa shape index (κ1) is 20.4. The number of nitrogens with one attached hydrogen (secondary N) is 1. The fourth-order valence-corrected chi connectivity index (χ4v) is 4.04. The van der Waals surface area contributed by atoms with E-state index in [1.807, 2.05) is 6.07 Å². The maximum absolute atomic E-state index is 14.5. The molecule has 162 valence electrons. The number of nitrogens with zero attached hydrogens (tertiary/aromatic N) is 5. The van der Waals surface area contributed by atoms with E-state index in [0.717, 1.165) is 43.7 Å². The lowest BCUT2D eigenvalue weighted by molar-refractivity contribution is 0.102. The number of rotatable bonds is 4. The van der Waals surface area contributed by atoms with Crippen LogP contribution < -0.4 is 5.32 Å². The molecule has 1 aliphatic heterocycles. The van der Waals surface area contributed by atoms with Crippen molar-refractivity contribution in [1.29, 1.82) is 0 Å². The standard InChI is InChI=1S/C23H20ClFN6O/c24-16-5-4-6-17(14-16)31-12-10-19(29-31)23(32)26-20-13-15(8-9-18(20)25)22-28-27-21-7-2-1-3-11-30(21)22/h4-6,8-10,12-14H,1-3,7,11H2,(H,26,32). The number of hydrogen-bond donors (Lipinski definition) is 1. The minimum Gasteiger partial charge on any atom is -0.318 e. The minimum atomic E-state index is -0.535. The van der Waals surface area contributed by atoms with Gasteiger partial charge >= 0.3 is 0 Å². The third kappa shape index (κ3) is 4.01. The third-order valence-electron chi connectivity index (χ3n) is 5.48. The van der Waals surface area contributed by atoms with Gasteiger partial charge in [0.15, 0.2) is 11.5 Å². The van der Waals surface area contributed by atoms with Crippen LogP contribution in [0.25, 0.3) is 17.1 Å². The second-order valence-corrected chi connectivity index (χ2v) is 8.11. The normalized spacial score (nSPS) is 13.4. The zero-order valence-electron chi connectivity index (χ0n) is 17.1. The predicted octanol–water partition coefficient (Wildman–Crippen LogP) is 4.90. The molecular weight excluding hydrogens is 431 g/mol. The summed E-state index contributed by atoms with van der Waals surface area (Å²) in [5, 5.41) is 16.1. The summed E-state index contributed by atoms with van der Waals surface area (Å²) in [4.78, 5) is 12.7. The summed E-state index contributed by atoms with van der Waals surface area (Å²) in [5.74, 6) is 0.579. The zero-order valence-corrected chi connectivity index (χ0v) is 17.9. The fraction of sp³-hybridized carbons (Fsp3) is 0.217. The van der Waals surface area contributed by atoms with Crippen LogP contribution in [0.4, 0.5) is 10.1 Å². The van der Waals surface area contributed by atoms with Gasteiger partial charge in [0, 0.05) is 29.7 Å². The first-order valence-corrected chi connectivity index (χ1v) is 10.8. The van der Waals surface area contributed by atoms with Gasteiger partial charge in [-0.25, -0.2) is 9.07 Å². The predicted molar refractivity (Wildman–Crippen MR) is 119 cm³/mol. The van der Waals surface area contributed by atoms with Crippen LogP contribution in [0, 0.1) is 5.82 Å². The molecule has 32 heavy (non-hydrogen) atoms. The molecule has 0 saturated heterocycles. The average Bonchev–Trinajstić information content (AvgIpc) is 3.37. The Morgan fingerprint density at radius 1 is 1.06 bits per heavy atom. The summed E-state index contributed by atoms with van der Waals surface area (Å²) in [5.41, 5.74) is 1.64. The Hall–Kier alpha value is -3.52. The van der Waals surface area contributed by atoms with E-state index in [0.29, 0.717) is 16.4 Å². The average molecular weight is 451 g/mol. The van der Waals surface area contributed by atoms with Crippen LogP contribution in [-0.2, 0) is 13.0 Å². The van der Waals surface area contributed by atoms with Crippen LogP contribution in [-0.4, -0.2) is 30.5 Å². The molecule has 4 aromatic rings. The van der Waals surface area contributed by atoms with Gasteiger partial charge in [0.2, 0.25) is 0 Å². The van der Waals surface area contributed by atoms with Crippen LogP contribution in [0.3, 0.4) is 0 Å². The van der Waals surface area contributed by atoms with Crippen molar-refractivity contribution in [2.75, 3.05) is 5.32 Å². The lowest BCUT2D eigenvalue weighted by atomic mass is 10.1. The Morgan fingerprint density at radius 3 is 2.84 bits per heavy atom. The molecule has 1 amide bonds. The molecule has 5 rings (SSSR count). The SMILES string of the molecule is O=C(Nc1cc(-c2nnc3n2CCCCC3)ccc1F)c1ccn(-c2cccc(Cl)c2)n1. The van der Waals surface area contributed by atoms with Crippen LogP contribution in [0.5, 0.6) is 0 Å². The number of halogens is 2. The van der Waals surface area contributed by atoms with Crippen molar-refractivity contribution in [2.45, 2.75) is 32.2 Å². The molecule has 0 bridgehead atoms. The number of aryl methyl sites for hydroxylation is 1. The molecule has 2 aromatic carbocycles. The Kier molecular flexibility index (Phi) is 5.45. The Morgan fingerprint density at radius 2 is 1.97 bits per heavy atom. The number of fused-ring (bicyclic) bond motifs is 1. The van der Waals surface area contributed by atoms with E-state index < -0.39 is 11.7 Å². The van der Waals surface area contributed by atoms with Crippen LogP contribution in [0.15, 0.2) is 54.7 Å². The van der Waals surface area contributed by atoms with E-state index in [2.05, 4.69) is 25.2 Å². The van der Waals surface area contributed by atoms with Crippen molar-refractivity contribution < 1.29 is 9.18 Å². The van der Waals surface area contributed by atoms with Crippen LogP contribution in [0.1, 0.15) is 35.6 Å². The molecule has 0 spiro atoms. The maximum Gasteiger partial charge on any atom is 0.276 e. The highest BCUT2D eigenvalue weighted by Crippen LogP contribution is 2.27. The van der Waals surface area contributed by atoms with E-state index in [4.69, 9.17) is 11.6 Å². The smallest absolute Gasteiger partial charge is 0.276 e. The molecule has 9 heteroatoms. The highest BCUT2D eigenvalue weighted by molar-refractivity contribution is 6.30. The van der Waals surface area contributed by atoms with Crippen molar-refractivity contribution in [3.05, 3.63) is 77.1 Å². The molecule has 1 N–H and O–H groups in total. The second-order valence-electron chi connectivity index (χ2n) is 7.68. The van der Waals surface area contributed by atoms with Gasteiger partial charge in [-0.3, -0.25) is 4.79 Å². The summed E-state index contributed by atoms with van der Waals surface area (Å²) in [6.07, 6.45) is 5.82. The van der Waals surface area contributed by atoms with E-state index in [1.165, 1.54) is 6.07 Å². The van der Waals surface area contributed by atoms with Crippen molar-refractivity contribution in [3.8, 4) is 17.1 Å². The summed E-state index contributed by atoms with van der Waals surface area (Å²) in [6.45, 7) is 0.831.